The van der Waals surface area contributed by atoms with E-state index < -0.39 is 6.10 Å². The van der Waals surface area contributed by atoms with Crippen molar-refractivity contribution in [3.63, 3.8) is 0 Å². The van der Waals surface area contributed by atoms with Crippen molar-refractivity contribution in [3.8, 4) is 5.75 Å². The van der Waals surface area contributed by atoms with Gasteiger partial charge in [0.05, 0.1) is 11.7 Å². The topological polar surface area (TPSA) is 55.3 Å². The molecule has 27 heavy (non-hydrogen) atoms. The summed E-state index contributed by atoms with van der Waals surface area (Å²) in [6, 6.07) is 19.8. The number of amides is 1. The Labute approximate surface area is 161 Å². The molecule has 1 atom stereocenters. The third-order valence-electron chi connectivity index (χ3n) is 4.50. The van der Waals surface area contributed by atoms with Crippen LogP contribution >= 0.6 is 11.7 Å². The molecule has 0 aliphatic heterocycles. The van der Waals surface area contributed by atoms with Crippen LogP contribution in [-0.4, -0.2) is 32.7 Å². The van der Waals surface area contributed by atoms with E-state index in [1.54, 1.807) is 18.9 Å². The molecule has 0 N–H and O–H groups in total. The Kier molecular flexibility index (Phi) is 4.73. The minimum absolute atomic E-state index is 0.0698. The fourth-order valence-electron chi connectivity index (χ4n) is 3.08. The van der Waals surface area contributed by atoms with Crippen LogP contribution in [-0.2, 0) is 11.3 Å². The van der Waals surface area contributed by atoms with Crippen LogP contribution in [0.4, 0.5) is 0 Å². The van der Waals surface area contributed by atoms with Crippen LogP contribution in [0.2, 0.25) is 0 Å². The van der Waals surface area contributed by atoms with E-state index in [-0.39, 0.29) is 5.91 Å². The monoisotopic (exact) mass is 377 g/mol. The van der Waals surface area contributed by atoms with Crippen molar-refractivity contribution in [2.45, 2.75) is 19.6 Å². The van der Waals surface area contributed by atoms with E-state index in [2.05, 4.69) is 14.8 Å². The number of likely N-dealkylation sites (N-methyl/N-ethyl adjacent to an activating group) is 1. The van der Waals surface area contributed by atoms with Crippen LogP contribution in [0.3, 0.4) is 0 Å². The van der Waals surface area contributed by atoms with Gasteiger partial charge < -0.3 is 9.64 Å². The summed E-state index contributed by atoms with van der Waals surface area (Å²) in [4.78, 5) is 14.4. The first kappa shape index (κ1) is 17.4. The van der Waals surface area contributed by atoms with Crippen LogP contribution in [0.15, 0.2) is 60.7 Å². The fraction of sp³-hybridized carbons (Fsp3) is 0.190. The fourth-order valence-corrected chi connectivity index (χ4v) is 3.60. The van der Waals surface area contributed by atoms with Gasteiger partial charge in [-0.2, -0.15) is 8.75 Å². The molecule has 4 aromatic rings. The second kappa shape index (κ2) is 7.32. The van der Waals surface area contributed by atoms with Gasteiger partial charge in [0.2, 0.25) is 0 Å². The minimum Gasteiger partial charge on any atom is -0.481 e. The normalized spacial score (nSPS) is 12.2. The highest BCUT2D eigenvalue weighted by Crippen LogP contribution is 2.22. The molecule has 1 heterocycles. The number of rotatable bonds is 5. The molecule has 0 aliphatic carbocycles. The first-order valence-corrected chi connectivity index (χ1v) is 9.45. The van der Waals surface area contributed by atoms with E-state index in [0.29, 0.717) is 12.3 Å². The number of fused-ring (bicyclic) bond motifs is 2. The molecule has 136 valence electrons. The lowest BCUT2D eigenvalue weighted by Crippen LogP contribution is -2.37. The number of ether oxygens (including phenoxy) is 1. The molecule has 0 bridgehead atoms. The molecule has 0 saturated carbocycles. The number of benzene rings is 3. The van der Waals surface area contributed by atoms with Crippen molar-refractivity contribution < 1.29 is 9.53 Å². The zero-order chi connectivity index (χ0) is 18.8. The molecule has 1 aromatic heterocycles. The number of hydrogen-bond acceptors (Lipinski definition) is 5. The third kappa shape index (κ3) is 3.75. The zero-order valence-corrected chi connectivity index (χ0v) is 15.9. The van der Waals surface area contributed by atoms with Crippen molar-refractivity contribution in [2.24, 2.45) is 0 Å². The summed E-state index contributed by atoms with van der Waals surface area (Å²) >= 11 is 1.19. The summed E-state index contributed by atoms with van der Waals surface area (Å²) in [6.07, 6.45) is -0.569. The number of hydrogen-bond donors (Lipinski definition) is 0. The summed E-state index contributed by atoms with van der Waals surface area (Å²) in [5.41, 5.74) is 2.76. The van der Waals surface area contributed by atoms with E-state index in [1.165, 1.54) is 11.7 Å². The Bertz CT molecular complexity index is 1110. The molecule has 3 aromatic carbocycles. The summed E-state index contributed by atoms with van der Waals surface area (Å²) < 4.78 is 14.3. The van der Waals surface area contributed by atoms with Crippen molar-refractivity contribution in [1.82, 2.24) is 13.6 Å². The average Bonchev–Trinajstić information content (AvgIpc) is 3.15. The lowest BCUT2D eigenvalue weighted by atomic mass is 10.1. The molecule has 5 nitrogen and oxygen atoms in total. The highest BCUT2D eigenvalue weighted by Gasteiger charge is 2.19. The lowest BCUT2D eigenvalue weighted by Gasteiger charge is -2.22. The largest absolute Gasteiger partial charge is 0.481 e. The van der Waals surface area contributed by atoms with Crippen LogP contribution in [0.5, 0.6) is 5.75 Å². The molecule has 0 saturated heterocycles. The van der Waals surface area contributed by atoms with Gasteiger partial charge in [0.15, 0.2) is 6.10 Å². The summed E-state index contributed by atoms with van der Waals surface area (Å²) in [7, 11) is 1.78. The molecule has 0 fully saturated rings. The van der Waals surface area contributed by atoms with Crippen molar-refractivity contribution in [1.29, 1.82) is 0 Å². The number of nitrogens with zero attached hydrogens (tertiary/aromatic N) is 3. The Balaban J connectivity index is 1.43. The van der Waals surface area contributed by atoms with Crippen molar-refractivity contribution >= 4 is 39.4 Å². The lowest BCUT2D eigenvalue weighted by molar-refractivity contribution is -0.137. The standard InChI is InChI=1S/C21H19N3O2S/c1-14(26-18-9-8-16-5-3-4-6-17(16)12-18)21(25)24(2)13-15-7-10-19-20(11-15)23-27-22-19/h3-12,14H,13H2,1-2H3/t14-/m0/s1. The Morgan fingerprint density at radius 3 is 2.67 bits per heavy atom. The van der Waals surface area contributed by atoms with E-state index in [0.717, 1.165) is 27.4 Å². The van der Waals surface area contributed by atoms with Gasteiger partial charge in [0, 0.05) is 13.6 Å². The van der Waals surface area contributed by atoms with Crippen LogP contribution in [0.25, 0.3) is 21.8 Å². The van der Waals surface area contributed by atoms with Gasteiger partial charge in [-0.15, -0.1) is 0 Å². The van der Waals surface area contributed by atoms with Gasteiger partial charge in [-0.3, -0.25) is 4.79 Å². The van der Waals surface area contributed by atoms with Crippen LogP contribution in [0, 0.1) is 0 Å². The highest BCUT2D eigenvalue weighted by molar-refractivity contribution is 7.00. The predicted octanol–water partition coefficient (Wildman–Crippen LogP) is 4.27. The third-order valence-corrected chi connectivity index (χ3v) is 5.05. The quantitative estimate of drug-likeness (QED) is 0.521. The summed E-state index contributed by atoms with van der Waals surface area (Å²) in [6.45, 7) is 2.28. The van der Waals surface area contributed by atoms with Gasteiger partial charge in [-0.1, -0.05) is 36.4 Å². The Morgan fingerprint density at radius 1 is 1.04 bits per heavy atom. The first-order chi connectivity index (χ1) is 13.1. The van der Waals surface area contributed by atoms with E-state index in [1.807, 2.05) is 54.6 Å². The maximum Gasteiger partial charge on any atom is 0.263 e. The molecule has 0 aliphatic rings. The maximum atomic E-state index is 12.7. The van der Waals surface area contributed by atoms with Crippen molar-refractivity contribution in [3.05, 3.63) is 66.2 Å². The Morgan fingerprint density at radius 2 is 1.81 bits per heavy atom. The summed E-state index contributed by atoms with van der Waals surface area (Å²) in [5, 5.41) is 2.24. The highest BCUT2D eigenvalue weighted by atomic mass is 32.1. The first-order valence-electron chi connectivity index (χ1n) is 8.72. The van der Waals surface area contributed by atoms with Gasteiger partial charge in [0.1, 0.15) is 16.8 Å². The van der Waals surface area contributed by atoms with E-state index >= 15 is 0 Å². The predicted molar refractivity (Wildman–Crippen MR) is 108 cm³/mol. The molecule has 0 radical (unpaired) electrons. The summed E-state index contributed by atoms with van der Waals surface area (Å²) in [5.74, 6) is 0.623. The number of aromatic nitrogens is 2. The van der Waals surface area contributed by atoms with Gasteiger partial charge in [-0.05, 0) is 47.5 Å². The average molecular weight is 377 g/mol. The molecule has 6 heteroatoms. The minimum atomic E-state index is -0.569. The Hall–Kier alpha value is -2.99. The van der Waals surface area contributed by atoms with Gasteiger partial charge in [0.25, 0.3) is 5.91 Å². The molecule has 0 spiro atoms. The van der Waals surface area contributed by atoms with Gasteiger partial charge in [-0.25, -0.2) is 0 Å². The maximum absolute atomic E-state index is 12.7. The SMILES string of the molecule is C[C@H](Oc1ccc2ccccc2c1)C(=O)N(C)Cc1ccc2nsnc2c1. The molecule has 4 rings (SSSR count). The second-order valence-electron chi connectivity index (χ2n) is 6.55. The second-order valence-corrected chi connectivity index (χ2v) is 7.08. The molecule has 0 unspecified atom stereocenters. The van der Waals surface area contributed by atoms with Crippen LogP contribution < -0.4 is 4.74 Å². The van der Waals surface area contributed by atoms with Crippen LogP contribution in [0.1, 0.15) is 12.5 Å². The number of carbonyl (C=O) groups is 1. The van der Waals surface area contributed by atoms with Gasteiger partial charge >= 0.3 is 0 Å². The molecule has 1 amide bonds. The van der Waals surface area contributed by atoms with Crippen molar-refractivity contribution in [2.75, 3.05) is 7.05 Å². The molecular weight excluding hydrogens is 358 g/mol. The zero-order valence-electron chi connectivity index (χ0n) is 15.1. The van der Waals surface area contributed by atoms with E-state index in [4.69, 9.17) is 4.74 Å². The smallest absolute Gasteiger partial charge is 0.263 e. The van der Waals surface area contributed by atoms with E-state index in [9.17, 15) is 4.79 Å². The number of carbonyl (C=O) groups excluding carboxylic acids is 1. The molecular formula is C21H19N3O2S.